The largest absolute Gasteiger partial charge is 0.482 e. The van der Waals surface area contributed by atoms with Crippen LogP contribution in [0.1, 0.15) is 18.4 Å². The van der Waals surface area contributed by atoms with Gasteiger partial charge in [-0.1, -0.05) is 6.07 Å². The monoisotopic (exact) mass is 218 g/mol. The van der Waals surface area contributed by atoms with Crippen molar-refractivity contribution in [3.05, 3.63) is 23.8 Å². The Morgan fingerprint density at radius 1 is 1.44 bits per heavy atom. The zero-order chi connectivity index (χ0) is 11.2. The van der Waals surface area contributed by atoms with E-state index in [9.17, 15) is 4.79 Å². The lowest BCUT2D eigenvalue weighted by Crippen LogP contribution is -2.26. The van der Waals surface area contributed by atoms with Gasteiger partial charge in [0.1, 0.15) is 5.75 Å². The zero-order valence-electron chi connectivity index (χ0n) is 8.95. The summed E-state index contributed by atoms with van der Waals surface area (Å²) in [6.45, 7) is 0.104. The molecule has 0 aromatic heterocycles. The molecule has 0 bridgehead atoms. The van der Waals surface area contributed by atoms with E-state index in [2.05, 4.69) is 5.32 Å². The van der Waals surface area contributed by atoms with Crippen molar-refractivity contribution in [2.45, 2.75) is 24.8 Å². The summed E-state index contributed by atoms with van der Waals surface area (Å²) in [5.41, 5.74) is 7.98. The predicted octanol–water partition coefficient (Wildman–Crippen LogP) is 1.05. The Kier molecular flexibility index (Phi) is 1.94. The molecule has 1 fully saturated rings. The first kappa shape index (κ1) is 9.66. The molecule has 4 nitrogen and oxygen atoms in total. The highest BCUT2D eigenvalue weighted by atomic mass is 16.5. The average molecular weight is 218 g/mol. The standard InChI is InChI=1S/C12H14N2O2/c13-12(3-4-12)6-8-1-2-10-9(5-8)14-11(15)7-16-10/h1-2,5H,3-4,6-7,13H2,(H,14,15). The van der Waals surface area contributed by atoms with Crippen LogP contribution < -0.4 is 15.8 Å². The number of nitrogens with two attached hydrogens (primary N) is 1. The average Bonchev–Trinajstić information content (AvgIpc) is 2.95. The first-order chi connectivity index (χ1) is 7.65. The number of carbonyl (C=O) groups is 1. The van der Waals surface area contributed by atoms with Gasteiger partial charge in [0.2, 0.25) is 0 Å². The van der Waals surface area contributed by atoms with Gasteiger partial charge in [-0.05, 0) is 37.0 Å². The van der Waals surface area contributed by atoms with Gasteiger partial charge in [-0.15, -0.1) is 0 Å². The Morgan fingerprint density at radius 3 is 3.00 bits per heavy atom. The van der Waals surface area contributed by atoms with Gasteiger partial charge in [0, 0.05) is 5.54 Å². The minimum atomic E-state index is -0.0986. The van der Waals surface area contributed by atoms with Crippen molar-refractivity contribution in [2.75, 3.05) is 11.9 Å². The summed E-state index contributed by atoms with van der Waals surface area (Å²) in [6, 6.07) is 5.87. The van der Waals surface area contributed by atoms with Crippen LogP contribution in [0, 0.1) is 0 Å². The maximum atomic E-state index is 11.2. The third kappa shape index (κ3) is 1.76. The smallest absolute Gasteiger partial charge is 0.262 e. The van der Waals surface area contributed by atoms with Crippen LogP contribution in [0.4, 0.5) is 5.69 Å². The van der Waals surface area contributed by atoms with Crippen LogP contribution >= 0.6 is 0 Å². The topological polar surface area (TPSA) is 64.3 Å². The number of ether oxygens (including phenoxy) is 1. The molecule has 0 saturated heterocycles. The number of anilines is 1. The molecule has 4 heteroatoms. The van der Waals surface area contributed by atoms with Crippen LogP contribution in [0.15, 0.2) is 18.2 Å². The molecule has 0 atom stereocenters. The number of carbonyl (C=O) groups excluding carboxylic acids is 1. The molecule has 2 aliphatic rings. The molecule has 0 unspecified atom stereocenters. The van der Waals surface area contributed by atoms with Gasteiger partial charge in [0.15, 0.2) is 6.61 Å². The van der Waals surface area contributed by atoms with Crippen LogP contribution in [0.2, 0.25) is 0 Å². The van der Waals surface area contributed by atoms with Crippen molar-refractivity contribution in [1.82, 2.24) is 0 Å². The molecule has 1 aliphatic carbocycles. The van der Waals surface area contributed by atoms with Gasteiger partial charge in [0.05, 0.1) is 5.69 Å². The van der Waals surface area contributed by atoms with Gasteiger partial charge in [-0.2, -0.15) is 0 Å². The summed E-state index contributed by atoms with van der Waals surface area (Å²) in [6.07, 6.45) is 3.05. The fraction of sp³-hybridized carbons (Fsp3) is 0.417. The Morgan fingerprint density at radius 2 is 2.25 bits per heavy atom. The fourth-order valence-corrected chi connectivity index (χ4v) is 1.98. The lowest BCUT2D eigenvalue weighted by atomic mass is 10.0. The normalized spacial score (nSPS) is 20.7. The molecule has 1 aromatic rings. The van der Waals surface area contributed by atoms with E-state index in [1.165, 1.54) is 0 Å². The highest BCUT2D eigenvalue weighted by Crippen LogP contribution is 2.37. The molecular formula is C12H14N2O2. The second kappa shape index (κ2) is 3.22. The third-order valence-corrected chi connectivity index (χ3v) is 3.13. The molecule has 1 aromatic carbocycles. The molecule has 3 N–H and O–H groups in total. The predicted molar refractivity (Wildman–Crippen MR) is 60.4 cm³/mol. The quantitative estimate of drug-likeness (QED) is 0.779. The second-order valence-corrected chi connectivity index (χ2v) is 4.71. The summed E-state index contributed by atoms with van der Waals surface area (Å²) in [5, 5.41) is 2.80. The van der Waals surface area contributed by atoms with Gasteiger partial charge >= 0.3 is 0 Å². The number of benzene rings is 1. The van der Waals surface area contributed by atoms with Crippen molar-refractivity contribution in [1.29, 1.82) is 0 Å². The van der Waals surface area contributed by atoms with Gasteiger partial charge < -0.3 is 15.8 Å². The number of nitrogens with one attached hydrogen (secondary N) is 1. The summed E-state index contributed by atoms with van der Waals surface area (Å²) in [4.78, 5) is 11.2. The minimum absolute atomic E-state index is 0.00618. The molecule has 1 amide bonds. The highest BCUT2D eigenvalue weighted by Gasteiger charge is 2.38. The molecule has 1 saturated carbocycles. The Bertz CT molecular complexity index is 452. The van der Waals surface area contributed by atoms with Crippen molar-refractivity contribution in [3.63, 3.8) is 0 Å². The van der Waals surface area contributed by atoms with Crippen molar-refractivity contribution < 1.29 is 9.53 Å². The van der Waals surface area contributed by atoms with Crippen LogP contribution in [0.25, 0.3) is 0 Å². The maximum absolute atomic E-state index is 11.2. The summed E-state index contributed by atoms with van der Waals surface area (Å²) >= 11 is 0. The van der Waals surface area contributed by atoms with Crippen LogP contribution in [-0.2, 0) is 11.2 Å². The van der Waals surface area contributed by atoms with E-state index in [0.717, 1.165) is 36.3 Å². The lowest BCUT2D eigenvalue weighted by Gasteiger charge is -2.19. The van der Waals surface area contributed by atoms with Gasteiger partial charge in [0.25, 0.3) is 5.91 Å². The summed E-state index contributed by atoms with van der Waals surface area (Å²) < 4.78 is 5.29. The van der Waals surface area contributed by atoms with E-state index >= 15 is 0 Å². The van der Waals surface area contributed by atoms with Crippen LogP contribution in [-0.4, -0.2) is 18.1 Å². The Hall–Kier alpha value is -1.55. The lowest BCUT2D eigenvalue weighted by molar-refractivity contribution is -0.118. The van der Waals surface area contributed by atoms with E-state index in [-0.39, 0.29) is 18.1 Å². The van der Waals surface area contributed by atoms with Gasteiger partial charge in [-0.3, -0.25) is 4.79 Å². The molecule has 0 spiro atoms. The number of fused-ring (bicyclic) bond motifs is 1. The first-order valence-corrected chi connectivity index (χ1v) is 5.49. The van der Waals surface area contributed by atoms with Crippen molar-refractivity contribution >= 4 is 11.6 Å². The molecule has 1 aliphatic heterocycles. The molecule has 1 heterocycles. The van der Waals surface area contributed by atoms with E-state index in [0.29, 0.717) is 0 Å². The van der Waals surface area contributed by atoms with E-state index in [1.54, 1.807) is 0 Å². The SMILES string of the molecule is NC1(Cc2ccc3c(c2)NC(=O)CO3)CC1. The number of hydrogen-bond acceptors (Lipinski definition) is 3. The van der Waals surface area contributed by atoms with E-state index in [4.69, 9.17) is 10.5 Å². The second-order valence-electron chi connectivity index (χ2n) is 4.71. The number of rotatable bonds is 2. The number of amides is 1. The third-order valence-electron chi connectivity index (χ3n) is 3.13. The fourth-order valence-electron chi connectivity index (χ4n) is 1.98. The Balaban J connectivity index is 1.86. The Labute approximate surface area is 93.8 Å². The first-order valence-electron chi connectivity index (χ1n) is 5.49. The van der Waals surface area contributed by atoms with Crippen molar-refractivity contribution in [3.8, 4) is 5.75 Å². The van der Waals surface area contributed by atoms with E-state index in [1.807, 2.05) is 18.2 Å². The highest BCUT2D eigenvalue weighted by molar-refractivity contribution is 5.95. The maximum Gasteiger partial charge on any atom is 0.262 e. The van der Waals surface area contributed by atoms with E-state index < -0.39 is 0 Å². The molecular weight excluding hydrogens is 204 g/mol. The summed E-state index contributed by atoms with van der Waals surface area (Å²) in [5.74, 6) is 0.642. The van der Waals surface area contributed by atoms with Crippen LogP contribution in [0.3, 0.4) is 0 Å². The molecule has 84 valence electrons. The van der Waals surface area contributed by atoms with Crippen LogP contribution in [0.5, 0.6) is 5.75 Å². The van der Waals surface area contributed by atoms with Gasteiger partial charge in [-0.25, -0.2) is 0 Å². The number of hydrogen-bond donors (Lipinski definition) is 2. The van der Waals surface area contributed by atoms with Crippen molar-refractivity contribution in [2.24, 2.45) is 5.73 Å². The molecule has 0 radical (unpaired) electrons. The zero-order valence-corrected chi connectivity index (χ0v) is 8.95. The molecule has 16 heavy (non-hydrogen) atoms. The molecule has 3 rings (SSSR count). The minimum Gasteiger partial charge on any atom is -0.482 e. The summed E-state index contributed by atoms with van der Waals surface area (Å²) in [7, 11) is 0.